The summed E-state index contributed by atoms with van der Waals surface area (Å²) in [5, 5.41) is 0. The molecule has 0 amide bonds. The molecular formula is C6H15O2PSW. The van der Waals surface area contributed by atoms with E-state index in [-0.39, 0.29) is 12.2 Å². The van der Waals surface area contributed by atoms with Crippen molar-refractivity contribution < 1.29 is 27.9 Å². The molecule has 0 rings (SSSR count). The molecule has 0 fully saturated rings. The van der Waals surface area contributed by atoms with E-state index in [4.69, 9.17) is 9.05 Å². The van der Waals surface area contributed by atoms with Crippen molar-refractivity contribution in [2.75, 3.05) is 0 Å². The van der Waals surface area contributed by atoms with E-state index in [2.05, 4.69) is 12.2 Å². The van der Waals surface area contributed by atoms with Crippen molar-refractivity contribution in [3.63, 3.8) is 0 Å². The molecule has 0 saturated carbocycles. The van der Waals surface area contributed by atoms with Gasteiger partial charge < -0.3 is 0 Å². The van der Waals surface area contributed by atoms with E-state index in [1.807, 2.05) is 27.7 Å². The fraction of sp³-hybridized carbons (Fsp3) is 1.00. The van der Waals surface area contributed by atoms with Crippen LogP contribution in [0.4, 0.5) is 0 Å². The van der Waals surface area contributed by atoms with Crippen LogP contribution in [0.3, 0.4) is 0 Å². The Balaban J connectivity index is 3.91. The van der Waals surface area contributed by atoms with Crippen molar-refractivity contribution in [3.8, 4) is 0 Å². The van der Waals surface area contributed by atoms with E-state index in [9.17, 15) is 0 Å². The Hall–Kier alpha value is 1.39. The standard InChI is InChI=1S/C6H15O2PS.W/c1-5(2)7-9(10)8-6(3)4;/h5-6,10H,1-4H3;. The van der Waals surface area contributed by atoms with Crippen molar-refractivity contribution in [2.24, 2.45) is 0 Å². The van der Waals surface area contributed by atoms with Gasteiger partial charge in [0.2, 0.25) is 0 Å². The van der Waals surface area contributed by atoms with Crippen LogP contribution >= 0.6 is 16.8 Å². The van der Waals surface area contributed by atoms with Crippen LogP contribution in [-0.4, -0.2) is 12.2 Å². The van der Waals surface area contributed by atoms with Crippen LogP contribution in [0.5, 0.6) is 0 Å². The molecule has 0 radical (unpaired) electrons. The minimum atomic E-state index is -1.78. The molecule has 0 aromatic rings. The molecule has 0 heterocycles. The first kappa shape index (κ1) is 12.4. The summed E-state index contributed by atoms with van der Waals surface area (Å²) in [4.78, 5) is 0. The van der Waals surface area contributed by atoms with Crippen LogP contribution in [0, 0.1) is 0 Å². The second kappa shape index (κ2) is 5.19. The third-order valence-electron chi connectivity index (χ3n) is 0.688. The Bertz CT molecular complexity index is 147. The zero-order valence-electron chi connectivity index (χ0n) is 7.27. The monoisotopic (exact) mass is 366 g/mol. The van der Waals surface area contributed by atoms with Crippen LogP contribution in [0.25, 0.3) is 0 Å². The molecule has 0 bridgehead atoms. The van der Waals surface area contributed by atoms with E-state index in [1.165, 1.54) is 18.8 Å². The Morgan fingerprint density at radius 3 is 1.55 bits per heavy atom. The Labute approximate surface area is 84.5 Å². The average molecular weight is 366 g/mol. The van der Waals surface area contributed by atoms with Crippen LogP contribution in [-0.2, 0) is 27.9 Å². The normalized spacial score (nSPS) is 13.0. The van der Waals surface area contributed by atoms with Gasteiger partial charge >= 0.3 is 84.6 Å². The van der Waals surface area contributed by atoms with E-state index in [0.717, 1.165) is 0 Å². The topological polar surface area (TPSA) is 18.5 Å². The number of hydrogen-bond acceptors (Lipinski definition) is 3. The third-order valence-corrected chi connectivity index (χ3v) is 4.49. The van der Waals surface area contributed by atoms with Gasteiger partial charge in [-0.25, -0.2) is 0 Å². The van der Waals surface area contributed by atoms with Gasteiger partial charge in [-0.05, 0) is 0 Å². The van der Waals surface area contributed by atoms with Crippen molar-refractivity contribution in [2.45, 2.75) is 39.9 Å². The third kappa shape index (κ3) is 7.74. The maximum absolute atomic E-state index is 5.54. The predicted octanol–water partition coefficient (Wildman–Crippen LogP) is 2.99. The maximum atomic E-state index is 5.54. The molecule has 0 aromatic heterocycles. The molecule has 0 aliphatic rings. The van der Waals surface area contributed by atoms with Gasteiger partial charge in [-0.3, -0.25) is 0 Å². The van der Waals surface area contributed by atoms with Gasteiger partial charge in [-0.2, -0.15) is 0 Å². The van der Waals surface area contributed by atoms with Crippen molar-refractivity contribution in [3.05, 3.63) is 0 Å². The van der Waals surface area contributed by atoms with Crippen LogP contribution in [0.2, 0.25) is 0 Å². The summed E-state index contributed by atoms with van der Waals surface area (Å²) in [7, 11) is 0. The summed E-state index contributed by atoms with van der Waals surface area (Å²) >= 11 is 5.66. The molecule has 0 unspecified atom stereocenters. The van der Waals surface area contributed by atoms with Gasteiger partial charge in [-0.1, -0.05) is 0 Å². The molecule has 5 heteroatoms. The zero-order valence-corrected chi connectivity index (χ0v) is 12.0. The van der Waals surface area contributed by atoms with E-state index < -0.39 is 4.55 Å². The minimum absolute atomic E-state index is 0.206. The Kier molecular flexibility index (Phi) is 5.85. The van der Waals surface area contributed by atoms with Gasteiger partial charge in [0.15, 0.2) is 0 Å². The second-order valence-corrected chi connectivity index (χ2v) is 14.1. The fourth-order valence-corrected chi connectivity index (χ4v) is 6.51. The zero-order chi connectivity index (χ0) is 9.07. The van der Waals surface area contributed by atoms with Crippen LogP contribution < -0.4 is 0 Å². The second-order valence-electron chi connectivity index (χ2n) is 2.78. The molecule has 0 atom stereocenters. The summed E-state index contributed by atoms with van der Waals surface area (Å²) in [6.07, 6.45) is 0.411. The molecule has 0 saturated heterocycles. The van der Waals surface area contributed by atoms with Gasteiger partial charge in [0.1, 0.15) is 0 Å². The SMILES string of the molecule is CC(C)O[P](S)(=[W])OC(C)C. The van der Waals surface area contributed by atoms with E-state index in [1.54, 1.807) is 0 Å². The Morgan fingerprint density at radius 2 is 1.36 bits per heavy atom. The summed E-state index contributed by atoms with van der Waals surface area (Å²) in [6, 6.07) is 0. The fourth-order valence-electron chi connectivity index (χ4n) is 0.558. The molecule has 11 heavy (non-hydrogen) atoms. The molecule has 0 N–H and O–H groups in total. The van der Waals surface area contributed by atoms with Gasteiger partial charge in [0.05, 0.1) is 0 Å². The summed E-state index contributed by atoms with van der Waals surface area (Å²) < 4.78 is 9.30. The number of thiol groups is 1. The molecule has 0 aliphatic carbocycles. The number of hydrogen-bond donors (Lipinski definition) is 1. The molecule has 0 aliphatic heterocycles. The van der Waals surface area contributed by atoms with Crippen molar-refractivity contribution >= 4 is 16.8 Å². The average Bonchev–Trinajstić information content (AvgIpc) is 1.53. The predicted molar refractivity (Wildman–Crippen MR) is 48.3 cm³/mol. The van der Waals surface area contributed by atoms with Gasteiger partial charge in [0, 0.05) is 0 Å². The summed E-state index contributed by atoms with van der Waals surface area (Å²) in [5.74, 6) is 0. The first-order valence-corrected chi connectivity index (χ1v) is 10.2. The Morgan fingerprint density at radius 1 is 1.09 bits per heavy atom. The van der Waals surface area contributed by atoms with Crippen LogP contribution in [0.1, 0.15) is 27.7 Å². The molecule has 0 spiro atoms. The summed E-state index contributed by atoms with van der Waals surface area (Å²) in [5.41, 5.74) is 0. The van der Waals surface area contributed by atoms with Crippen molar-refractivity contribution in [1.29, 1.82) is 0 Å². The van der Waals surface area contributed by atoms with Gasteiger partial charge in [-0.15, -0.1) is 0 Å². The number of rotatable bonds is 4. The molecular weight excluding hydrogens is 351 g/mol. The van der Waals surface area contributed by atoms with Crippen molar-refractivity contribution in [1.82, 2.24) is 0 Å². The van der Waals surface area contributed by atoms with E-state index in [0.29, 0.717) is 0 Å². The van der Waals surface area contributed by atoms with E-state index >= 15 is 0 Å². The molecule has 0 aromatic carbocycles. The van der Waals surface area contributed by atoms with Gasteiger partial charge in [0.25, 0.3) is 0 Å². The first-order valence-electron chi connectivity index (χ1n) is 3.53. The molecule has 2 nitrogen and oxygen atoms in total. The van der Waals surface area contributed by atoms with Crippen LogP contribution in [0.15, 0.2) is 0 Å². The summed E-state index contributed by atoms with van der Waals surface area (Å²) in [6.45, 7) is 7.99. The molecule has 68 valence electrons. The first-order chi connectivity index (χ1) is 4.83. The quantitative estimate of drug-likeness (QED) is 0.609.